The zero-order valence-corrected chi connectivity index (χ0v) is 14.4. The predicted octanol–water partition coefficient (Wildman–Crippen LogP) is 6.00. The summed E-state index contributed by atoms with van der Waals surface area (Å²) in [5.41, 5.74) is 0.818. The molecule has 0 fully saturated rings. The van der Waals surface area contributed by atoms with Crippen LogP contribution in [0.2, 0.25) is 10.0 Å². The average Bonchev–Trinajstić information content (AvgIpc) is 2.48. The minimum Gasteiger partial charge on any atom is -0.364 e. The third-order valence-corrected chi connectivity index (χ3v) is 4.76. The first-order chi connectivity index (χ1) is 10.0. The van der Waals surface area contributed by atoms with E-state index in [-0.39, 0.29) is 0 Å². The molecule has 2 aromatic carbocycles. The van der Waals surface area contributed by atoms with E-state index in [1.54, 1.807) is 12.1 Å². The van der Waals surface area contributed by atoms with Crippen LogP contribution >= 0.6 is 39.1 Å². The number of halogens is 3. The minimum atomic E-state index is -0.835. The van der Waals surface area contributed by atoms with Gasteiger partial charge in [0.1, 0.15) is 0 Å². The molecule has 5 heteroatoms. The Labute approximate surface area is 142 Å². The molecule has 1 unspecified atom stereocenters. The Morgan fingerprint density at radius 1 is 1.24 bits per heavy atom. The normalized spacial score (nSPS) is 13.3. The number of nitrogens with zero attached hydrogens (tertiary/aromatic N) is 1. The highest BCUT2D eigenvalue weighted by Gasteiger charge is 2.30. The van der Waals surface area contributed by atoms with E-state index in [9.17, 15) is 5.26 Å². The summed E-state index contributed by atoms with van der Waals surface area (Å²) in [6.45, 7) is 1.96. The van der Waals surface area contributed by atoms with Gasteiger partial charge >= 0.3 is 0 Å². The van der Waals surface area contributed by atoms with Gasteiger partial charge in [0.15, 0.2) is 5.54 Å². The van der Waals surface area contributed by atoms with Crippen LogP contribution in [0.3, 0.4) is 0 Å². The van der Waals surface area contributed by atoms with Crippen molar-refractivity contribution in [2.45, 2.75) is 18.9 Å². The maximum Gasteiger partial charge on any atom is 0.150 e. The molecule has 0 saturated heterocycles. The van der Waals surface area contributed by atoms with E-state index in [0.717, 1.165) is 15.7 Å². The maximum absolute atomic E-state index is 9.71. The second-order valence-electron chi connectivity index (χ2n) is 4.63. The van der Waals surface area contributed by atoms with Gasteiger partial charge in [0.25, 0.3) is 0 Å². The van der Waals surface area contributed by atoms with Crippen LogP contribution in [-0.2, 0) is 5.54 Å². The Morgan fingerprint density at radius 2 is 2.00 bits per heavy atom. The Kier molecular flexibility index (Phi) is 5.16. The van der Waals surface area contributed by atoms with Gasteiger partial charge in [0.05, 0.1) is 11.1 Å². The number of anilines is 1. The number of rotatable bonds is 4. The highest BCUT2D eigenvalue weighted by molar-refractivity contribution is 9.10. The number of hydrogen-bond acceptors (Lipinski definition) is 2. The second kappa shape index (κ2) is 6.70. The number of nitriles is 1. The molecule has 0 aliphatic heterocycles. The van der Waals surface area contributed by atoms with Crippen LogP contribution in [0.15, 0.2) is 46.9 Å². The van der Waals surface area contributed by atoms with Gasteiger partial charge in [0.2, 0.25) is 0 Å². The molecule has 1 atom stereocenters. The summed E-state index contributed by atoms with van der Waals surface area (Å²) in [6.07, 6.45) is 0.601. The molecule has 0 radical (unpaired) electrons. The topological polar surface area (TPSA) is 35.8 Å². The molecule has 0 saturated carbocycles. The van der Waals surface area contributed by atoms with Crippen molar-refractivity contribution in [2.24, 2.45) is 0 Å². The number of nitrogens with one attached hydrogen (secondary N) is 1. The fraction of sp³-hybridized carbons (Fsp3) is 0.188. The van der Waals surface area contributed by atoms with Crippen molar-refractivity contribution < 1.29 is 0 Å². The third-order valence-electron chi connectivity index (χ3n) is 3.32. The molecular weight excluding hydrogens is 371 g/mol. The molecule has 0 bridgehead atoms. The summed E-state index contributed by atoms with van der Waals surface area (Å²) in [4.78, 5) is 0. The van der Waals surface area contributed by atoms with Crippen LogP contribution in [-0.4, -0.2) is 0 Å². The molecule has 0 aliphatic rings. The monoisotopic (exact) mass is 382 g/mol. The van der Waals surface area contributed by atoms with Crippen molar-refractivity contribution in [1.29, 1.82) is 5.26 Å². The summed E-state index contributed by atoms with van der Waals surface area (Å²) >= 11 is 15.4. The standard InChI is InChI=1S/C16H13BrCl2N2/c1-2-16(10-20,11-4-3-5-12(18)8-11)21-13-6-7-15(19)14(17)9-13/h3-9,21H,2H2,1H3. The van der Waals surface area contributed by atoms with Gasteiger partial charge in [-0.15, -0.1) is 0 Å². The Hall–Kier alpha value is -1.21. The second-order valence-corrected chi connectivity index (χ2v) is 6.33. The van der Waals surface area contributed by atoms with Crippen molar-refractivity contribution in [2.75, 3.05) is 5.32 Å². The highest BCUT2D eigenvalue weighted by atomic mass is 79.9. The van der Waals surface area contributed by atoms with Gasteiger partial charge in [-0.3, -0.25) is 0 Å². The van der Waals surface area contributed by atoms with Crippen molar-refractivity contribution in [3.63, 3.8) is 0 Å². The largest absolute Gasteiger partial charge is 0.364 e. The van der Waals surface area contributed by atoms with Crippen LogP contribution < -0.4 is 5.32 Å². The summed E-state index contributed by atoms with van der Waals surface area (Å²) in [5, 5.41) is 14.2. The molecule has 1 N–H and O–H groups in total. The van der Waals surface area contributed by atoms with Gasteiger partial charge < -0.3 is 5.32 Å². The molecule has 0 heterocycles. The number of hydrogen-bond donors (Lipinski definition) is 1. The predicted molar refractivity (Wildman–Crippen MR) is 91.8 cm³/mol. The summed E-state index contributed by atoms with van der Waals surface area (Å²) in [6, 6.07) is 15.2. The highest BCUT2D eigenvalue weighted by Crippen LogP contribution is 2.33. The lowest BCUT2D eigenvalue weighted by molar-refractivity contribution is 0.604. The van der Waals surface area contributed by atoms with Gasteiger partial charge in [0, 0.05) is 15.2 Å². The lowest BCUT2D eigenvalue weighted by Gasteiger charge is -2.28. The van der Waals surface area contributed by atoms with E-state index in [1.807, 2.05) is 37.3 Å². The van der Waals surface area contributed by atoms with Gasteiger partial charge in [-0.2, -0.15) is 5.26 Å². The Morgan fingerprint density at radius 3 is 2.57 bits per heavy atom. The fourth-order valence-corrected chi connectivity index (χ4v) is 2.80. The van der Waals surface area contributed by atoms with Crippen molar-refractivity contribution in [3.8, 4) is 6.07 Å². The van der Waals surface area contributed by atoms with Crippen LogP contribution in [0.5, 0.6) is 0 Å². The zero-order valence-electron chi connectivity index (χ0n) is 11.3. The van der Waals surface area contributed by atoms with Gasteiger partial charge in [-0.05, 0) is 58.2 Å². The molecule has 0 spiro atoms. The minimum absolute atomic E-state index is 0.601. The van der Waals surface area contributed by atoms with Crippen LogP contribution in [0, 0.1) is 11.3 Å². The quantitative estimate of drug-likeness (QED) is 0.702. The van der Waals surface area contributed by atoms with E-state index in [2.05, 4.69) is 27.3 Å². The smallest absolute Gasteiger partial charge is 0.150 e. The Bertz CT molecular complexity index is 697. The molecule has 2 nitrogen and oxygen atoms in total. The summed E-state index contributed by atoms with van der Waals surface area (Å²) in [7, 11) is 0. The van der Waals surface area contributed by atoms with Crippen molar-refractivity contribution in [1.82, 2.24) is 0 Å². The van der Waals surface area contributed by atoms with E-state index in [1.165, 1.54) is 0 Å². The molecule has 108 valence electrons. The maximum atomic E-state index is 9.71. The summed E-state index contributed by atoms with van der Waals surface area (Å²) in [5.74, 6) is 0. The lowest BCUT2D eigenvalue weighted by atomic mass is 9.88. The van der Waals surface area contributed by atoms with E-state index in [4.69, 9.17) is 23.2 Å². The lowest BCUT2D eigenvalue weighted by Crippen LogP contribution is -2.33. The molecule has 2 aromatic rings. The molecular formula is C16H13BrCl2N2. The molecule has 0 aromatic heterocycles. The first-order valence-electron chi connectivity index (χ1n) is 6.41. The molecule has 2 rings (SSSR count). The Balaban J connectivity index is 2.43. The van der Waals surface area contributed by atoms with Gasteiger partial charge in [-0.25, -0.2) is 0 Å². The van der Waals surface area contributed by atoms with E-state index >= 15 is 0 Å². The number of benzene rings is 2. The molecule has 21 heavy (non-hydrogen) atoms. The molecule has 0 amide bonds. The first kappa shape index (κ1) is 16.2. The van der Waals surface area contributed by atoms with Crippen LogP contribution in [0.25, 0.3) is 0 Å². The zero-order chi connectivity index (χ0) is 15.5. The summed E-state index contributed by atoms with van der Waals surface area (Å²) < 4.78 is 0.781. The van der Waals surface area contributed by atoms with E-state index in [0.29, 0.717) is 16.5 Å². The van der Waals surface area contributed by atoms with Crippen molar-refractivity contribution in [3.05, 3.63) is 62.5 Å². The third kappa shape index (κ3) is 3.52. The van der Waals surface area contributed by atoms with Crippen molar-refractivity contribution >= 4 is 44.8 Å². The average molecular weight is 384 g/mol. The van der Waals surface area contributed by atoms with Crippen LogP contribution in [0.1, 0.15) is 18.9 Å². The van der Waals surface area contributed by atoms with Crippen LogP contribution in [0.4, 0.5) is 5.69 Å². The first-order valence-corrected chi connectivity index (χ1v) is 7.96. The molecule has 0 aliphatic carbocycles. The SMILES string of the molecule is CCC(C#N)(Nc1ccc(Cl)c(Br)c1)c1cccc(Cl)c1. The van der Waals surface area contributed by atoms with E-state index < -0.39 is 5.54 Å². The fourth-order valence-electron chi connectivity index (χ4n) is 2.11. The van der Waals surface area contributed by atoms with Gasteiger partial charge in [-0.1, -0.05) is 42.3 Å².